The van der Waals surface area contributed by atoms with Crippen molar-refractivity contribution in [1.29, 1.82) is 0 Å². The third-order valence-corrected chi connectivity index (χ3v) is 10.3. The summed E-state index contributed by atoms with van der Waals surface area (Å²) in [6.07, 6.45) is 6.00. The van der Waals surface area contributed by atoms with Gasteiger partial charge in [0.05, 0.1) is 18.3 Å². The van der Waals surface area contributed by atoms with Crippen LogP contribution in [0.5, 0.6) is 0 Å². The zero-order chi connectivity index (χ0) is 21.1. The van der Waals surface area contributed by atoms with Gasteiger partial charge in [0.1, 0.15) is 0 Å². The molecule has 0 aromatic heterocycles. The number of carbonyl (C=O) groups is 1. The summed E-state index contributed by atoms with van der Waals surface area (Å²) in [6.45, 7) is 6.72. The van der Waals surface area contributed by atoms with E-state index in [-0.39, 0.29) is 65.3 Å². The number of aliphatic hydroxyl groups is 3. The van der Waals surface area contributed by atoms with Crippen LogP contribution in [0.1, 0.15) is 78.6 Å². The molecule has 4 aliphatic rings. The predicted molar refractivity (Wildman–Crippen MR) is 125 cm³/mol. The van der Waals surface area contributed by atoms with Crippen molar-refractivity contribution in [2.75, 3.05) is 0 Å². The quantitative estimate of drug-likeness (QED) is 0.407. The first kappa shape index (κ1) is 24.7. The molecule has 30 heavy (non-hydrogen) atoms. The smallest absolute Gasteiger partial charge is 0.303 e. The van der Waals surface area contributed by atoms with Crippen LogP contribution in [0, 0.1) is 46.3 Å². The lowest BCUT2D eigenvalue weighted by Crippen LogP contribution is -2.62. The summed E-state index contributed by atoms with van der Waals surface area (Å²) in [6, 6.07) is 0. The Morgan fingerprint density at radius 1 is 1.03 bits per heavy atom. The van der Waals surface area contributed by atoms with Crippen molar-refractivity contribution in [3.8, 4) is 0 Å². The second kappa shape index (κ2) is 8.79. The highest BCUT2D eigenvalue weighted by Gasteiger charge is 2.65. The summed E-state index contributed by atoms with van der Waals surface area (Å²) in [5.41, 5.74) is -0.143. The number of aliphatic hydroxyl groups excluding tert-OH is 3. The van der Waals surface area contributed by atoms with Gasteiger partial charge in [0.2, 0.25) is 0 Å². The zero-order valence-corrected chi connectivity index (χ0v) is 21.0. The highest BCUT2D eigenvalue weighted by molar-refractivity contribution is 14.0. The van der Waals surface area contributed by atoms with Gasteiger partial charge in [0, 0.05) is 6.42 Å². The third kappa shape index (κ3) is 3.75. The number of carboxylic acid groups (broad SMARTS) is 1. The Bertz CT molecular complexity index is 643. The van der Waals surface area contributed by atoms with E-state index in [0.717, 1.165) is 44.9 Å². The molecule has 4 aliphatic carbocycles. The molecule has 0 heterocycles. The van der Waals surface area contributed by atoms with E-state index in [1.807, 2.05) is 0 Å². The Morgan fingerprint density at radius 3 is 2.40 bits per heavy atom. The second-order valence-corrected chi connectivity index (χ2v) is 11.4. The number of hydrogen-bond donors (Lipinski definition) is 4. The minimum absolute atomic E-state index is 0. The van der Waals surface area contributed by atoms with Crippen molar-refractivity contribution < 1.29 is 25.2 Å². The van der Waals surface area contributed by atoms with E-state index in [1.54, 1.807) is 0 Å². The summed E-state index contributed by atoms with van der Waals surface area (Å²) in [5.74, 6) is 0.997. The van der Waals surface area contributed by atoms with Crippen LogP contribution in [0.3, 0.4) is 0 Å². The molecule has 174 valence electrons. The molecule has 0 aromatic rings. The fourth-order valence-corrected chi connectivity index (χ4v) is 8.68. The van der Waals surface area contributed by atoms with Gasteiger partial charge in [-0.1, -0.05) is 20.8 Å². The van der Waals surface area contributed by atoms with Gasteiger partial charge in [-0.05, 0) is 97.7 Å². The van der Waals surface area contributed by atoms with Crippen molar-refractivity contribution in [3.63, 3.8) is 0 Å². The van der Waals surface area contributed by atoms with E-state index in [1.165, 1.54) is 0 Å². The van der Waals surface area contributed by atoms with Crippen molar-refractivity contribution in [3.05, 3.63) is 0 Å². The fraction of sp³-hybridized carbons (Fsp3) is 0.958. The molecule has 6 heteroatoms. The average Bonchev–Trinajstić information content (AvgIpc) is 3.01. The molecule has 0 saturated heterocycles. The normalized spacial score (nSPS) is 51.1. The molecule has 4 fully saturated rings. The van der Waals surface area contributed by atoms with Crippen LogP contribution in [0.2, 0.25) is 0 Å². The maximum atomic E-state index is 11.5. The Labute approximate surface area is 198 Å². The lowest BCUT2D eigenvalue weighted by atomic mass is 9.43. The number of aliphatic carboxylic acids is 1. The molecule has 0 radical (unpaired) electrons. The van der Waals surface area contributed by atoms with Crippen LogP contribution in [-0.4, -0.2) is 44.7 Å². The van der Waals surface area contributed by atoms with Crippen LogP contribution >= 0.6 is 24.0 Å². The molecule has 0 amide bonds. The molecular weight excluding hydrogens is 495 g/mol. The molecule has 4 saturated carbocycles. The number of carboxylic acids is 1. The number of rotatable bonds is 4. The SMILES string of the molecule is C[C@H](CCC(=O)O)[C@H]1CCC2C3C(C[C@H](O)[C@@]21C)[C@@]1(C)CC[C@@H](O)C[C@H]1C[C@H]3O.I. The van der Waals surface area contributed by atoms with Gasteiger partial charge in [0.25, 0.3) is 0 Å². The fourth-order valence-electron chi connectivity index (χ4n) is 8.68. The van der Waals surface area contributed by atoms with E-state index in [4.69, 9.17) is 5.11 Å². The van der Waals surface area contributed by atoms with E-state index in [0.29, 0.717) is 30.1 Å². The van der Waals surface area contributed by atoms with Crippen LogP contribution in [0.25, 0.3) is 0 Å². The van der Waals surface area contributed by atoms with Gasteiger partial charge in [0.15, 0.2) is 0 Å². The van der Waals surface area contributed by atoms with Crippen molar-refractivity contribution in [2.45, 2.75) is 96.9 Å². The molecule has 0 spiro atoms. The number of fused-ring (bicyclic) bond motifs is 5. The summed E-state index contributed by atoms with van der Waals surface area (Å²) in [4.78, 5) is 11.1. The molecule has 5 nitrogen and oxygen atoms in total. The van der Waals surface area contributed by atoms with Crippen molar-refractivity contribution in [2.24, 2.45) is 46.3 Å². The van der Waals surface area contributed by atoms with Crippen LogP contribution < -0.4 is 0 Å². The first-order valence-electron chi connectivity index (χ1n) is 11.8. The first-order chi connectivity index (χ1) is 13.6. The zero-order valence-electron chi connectivity index (χ0n) is 18.7. The van der Waals surface area contributed by atoms with Gasteiger partial charge < -0.3 is 20.4 Å². The maximum absolute atomic E-state index is 11.5. The van der Waals surface area contributed by atoms with E-state index in [2.05, 4.69) is 20.8 Å². The molecule has 0 bridgehead atoms. The Morgan fingerprint density at radius 2 is 1.73 bits per heavy atom. The van der Waals surface area contributed by atoms with E-state index in [9.17, 15) is 20.1 Å². The monoisotopic (exact) mass is 536 g/mol. The molecular formula is C24H41IO5. The average molecular weight is 536 g/mol. The lowest BCUT2D eigenvalue weighted by Gasteiger charge is -2.63. The van der Waals surface area contributed by atoms with Crippen LogP contribution in [0.4, 0.5) is 0 Å². The van der Waals surface area contributed by atoms with Crippen molar-refractivity contribution in [1.82, 2.24) is 0 Å². The highest BCUT2D eigenvalue weighted by Crippen LogP contribution is 2.68. The number of halogens is 1. The molecule has 0 aliphatic heterocycles. The van der Waals surface area contributed by atoms with Gasteiger partial charge in [-0.25, -0.2) is 0 Å². The first-order valence-corrected chi connectivity index (χ1v) is 11.8. The van der Waals surface area contributed by atoms with Crippen molar-refractivity contribution >= 4 is 29.9 Å². The third-order valence-electron chi connectivity index (χ3n) is 10.3. The van der Waals surface area contributed by atoms with Gasteiger partial charge in [-0.2, -0.15) is 0 Å². The summed E-state index contributed by atoms with van der Waals surface area (Å²) >= 11 is 0. The minimum atomic E-state index is -0.748. The highest BCUT2D eigenvalue weighted by atomic mass is 127. The van der Waals surface area contributed by atoms with E-state index >= 15 is 0 Å². The van der Waals surface area contributed by atoms with Crippen LogP contribution in [0.15, 0.2) is 0 Å². The second-order valence-electron chi connectivity index (χ2n) is 11.4. The Hall–Kier alpha value is 0.0800. The van der Waals surface area contributed by atoms with Gasteiger partial charge in [-0.3, -0.25) is 4.79 Å². The topological polar surface area (TPSA) is 98.0 Å². The van der Waals surface area contributed by atoms with E-state index < -0.39 is 12.1 Å². The Balaban J connectivity index is 0.00000256. The lowest BCUT2D eigenvalue weighted by molar-refractivity contribution is -0.207. The van der Waals surface area contributed by atoms with Gasteiger partial charge >= 0.3 is 5.97 Å². The summed E-state index contributed by atoms with van der Waals surface area (Å²) in [5, 5.41) is 42.0. The molecule has 4 N–H and O–H groups in total. The standard InChI is InChI=1S/C24H40O5.HI/c1-13(4-7-21(28)29)16-5-6-17-22-18(12-20(27)24(16,17)3)23(2)9-8-15(25)10-14(23)11-19(22)26;/h13-20,22,25-27H,4-12H2,1-3H3,(H,28,29);1H/t13-,14+,15-,16-,17?,18?,19-,20+,22?,23+,24-;/m1./s1. The molecule has 0 aromatic carbocycles. The molecule has 11 atom stereocenters. The largest absolute Gasteiger partial charge is 0.481 e. The molecule has 4 rings (SSSR count). The summed E-state index contributed by atoms with van der Waals surface area (Å²) < 4.78 is 0. The summed E-state index contributed by atoms with van der Waals surface area (Å²) in [7, 11) is 0. The van der Waals surface area contributed by atoms with Gasteiger partial charge in [-0.15, -0.1) is 24.0 Å². The van der Waals surface area contributed by atoms with Crippen LogP contribution in [-0.2, 0) is 4.79 Å². The minimum Gasteiger partial charge on any atom is -0.481 e. The predicted octanol–water partition coefficient (Wildman–Crippen LogP) is 4.07. The number of hydrogen-bond acceptors (Lipinski definition) is 4. The maximum Gasteiger partial charge on any atom is 0.303 e. The Kier molecular flexibility index (Phi) is 7.24. The molecule has 3 unspecified atom stereocenters.